The van der Waals surface area contributed by atoms with Gasteiger partial charge in [-0.1, -0.05) is 42.8 Å². The van der Waals surface area contributed by atoms with Gasteiger partial charge in [0.25, 0.3) is 5.91 Å². The minimum atomic E-state index is -3.70. The highest BCUT2D eigenvalue weighted by Gasteiger charge is 2.28. The molecule has 1 aromatic heterocycles. The number of benzene rings is 2. The van der Waals surface area contributed by atoms with E-state index in [2.05, 4.69) is 10.3 Å². The number of aryl methyl sites for hydroxylation is 1. The van der Waals surface area contributed by atoms with Crippen molar-refractivity contribution in [1.29, 1.82) is 0 Å². The number of piperidine rings is 1. The Balaban J connectivity index is 1.38. The van der Waals surface area contributed by atoms with Crippen LogP contribution in [0.2, 0.25) is 0 Å². The van der Waals surface area contributed by atoms with Gasteiger partial charge in [0.15, 0.2) is 11.7 Å². The molecule has 8 nitrogen and oxygen atoms in total. The summed E-state index contributed by atoms with van der Waals surface area (Å²) >= 11 is 1.27. The predicted molar refractivity (Wildman–Crippen MR) is 130 cm³/mol. The van der Waals surface area contributed by atoms with E-state index < -0.39 is 28.5 Å². The molecule has 0 unspecified atom stereocenters. The average Bonchev–Trinajstić information content (AvgIpc) is 3.32. The second kappa shape index (κ2) is 10.5. The SMILES string of the molecule is Cc1ccc(C(=O)OCC(=O)Nc2nc(-c3ccccc3)cs2)cc1S(=O)(=O)N1CCCCC1. The van der Waals surface area contributed by atoms with Crippen molar-refractivity contribution in [2.45, 2.75) is 31.1 Å². The van der Waals surface area contributed by atoms with Gasteiger partial charge in [0.2, 0.25) is 10.0 Å². The Morgan fingerprint density at radius 2 is 1.82 bits per heavy atom. The van der Waals surface area contributed by atoms with E-state index in [-0.39, 0.29) is 10.5 Å². The van der Waals surface area contributed by atoms with Crippen molar-refractivity contribution in [1.82, 2.24) is 9.29 Å². The van der Waals surface area contributed by atoms with Crippen molar-refractivity contribution in [3.8, 4) is 11.3 Å². The second-order valence-corrected chi connectivity index (χ2v) is 10.7. The molecule has 2 aromatic carbocycles. The van der Waals surface area contributed by atoms with Crippen LogP contribution >= 0.6 is 11.3 Å². The fourth-order valence-corrected chi connectivity index (χ4v) is 6.20. The fraction of sp³-hybridized carbons (Fsp3) is 0.292. The topological polar surface area (TPSA) is 106 Å². The highest BCUT2D eigenvalue weighted by molar-refractivity contribution is 7.89. The number of hydrogen-bond donors (Lipinski definition) is 1. The number of thiazole rings is 1. The van der Waals surface area contributed by atoms with Gasteiger partial charge < -0.3 is 4.74 Å². The molecule has 0 atom stereocenters. The third kappa shape index (κ3) is 5.52. The number of nitrogens with zero attached hydrogens (tertiary/aromatic N) is 2. The summed E-state index contributed by atoms with van der Waals surface area (Å²) in [6.45, 7) is 2.12. The first-order valence-electron chi connectivity index (χ1n) is 10.9. The summed E-state index contributed by atoms with van der Waals surface area (Å²) in [6, 6.07) is 14.0. The van der Waals surface area contributed by atoms with Crippen LogP contribution in [0.25, 0.3) is 11.3 Å². The zero-order chi connectivity index (χ0) is 24.1. The first-order chi connectivity index (χ1) is 16.3. The van der Waals surface area contributed by atoms with Crippen LogP contribution in [-0.2, 0) is 19.6 Å². The Bertz CT molecular complexity index is 1280. The predicted octanol–water partition coefficient (Wildman–Crippen LogP) is 4.09. The quantitative estimate of drug-likeness (QED) is 0.491. The van der Waals surface area contributed by atoms with Crippen molar-refractivity contribution < 1.29 is 22.7 Å². The highest BCUT2D eigenvalue weighted by Crippen LogP contribution is 2.26. The molecule has 1 saturated heterocycles. The van der Waals surface area contributed by atoms with Crippen molar-refractivity contribution in [3.63, 3.8) is 0 Å². The van der Waals surface area contributed by atoms with Gasteiger partial charge in [-0.2, -0.15) is 4.31 Å². The van der Waals surface area contributed by atoms with E-state index in [4.69, 9.17) is 4.74 Å². The average molecular weight is 500 g/mol. The van der Waals surface area contributed by atoms with Crippen LogP contribution in [-0.4, -0.2) is 49.3 Å². The third-order valence-electron chi connectivity index (χ3n) is 5.51. The molecule has 1 aliphatic heterocycles. The number of anilines is 1. The maximum atomic E-state index is 13.1. The molecule has 0 aliphatic carbocycles. The Morgan fingerprint density at radius 3 is 2.56 bits per heavy atom. The first kappa shape index (κ1) is 24.1. The minimum Gasteiger partial charge on any atom is -0.452 e. The standard InChI is InChI=1S/C24H25N3O5S2/c1-17-10-11-19(14-21(17)34(30,31)27-12-6-3-7-13-27)23(29)32-15-22(28)26-24-25-20(16-33-24)18-8-4-2-5-9-18/h2,4-5,8-11,14,16H,3,6-7,12-13,15H2,1H3,(H,25,26,28). The number of carbonyl (C=O) groups is 2. The Kier molecular flexibility index (Phi) is 7.40. The molecule has 1 aliphatic rings. The van der Waals surface area contributed by atoms with Crippen molar-refractivity contribution >= 4 is 38.4 Å². The lowest BCUT2D eigenvalue weighted by molar-refractivity contribution is -0.119. The van der Waals surface area contributed by atoms with E-state index in [1.54, 1.807) is 13.0 Å². The molecular weight excluding hydrogens is 474 g/mol. The summed E-state index contributed by atoms with van der Waals surface area (Å²) in [4.78, 5) is 29.3. The number of sulfonamides is 1. The lowest BCUT2D eigenvalue weighted by Crippen LogP contribution is -2.36. The lowest BCUT2D eigenvalue weighted by atomic mass is 10.1. The molecular formula is C24H25N3O5S2. The summed E-state index contributed by atoms with van der Waals surface area (Å²) in [5, 5.41) is 4.84. The zero-order valence-electron chi connectivity index (χ0n) is 18.7. The van der Waals surface area contributed by atoms with Crippen LogP contribution in [0.15, 0.2) is 58.8 Å². The Morgan fingerprint density at radius 1 is 1.09 bits per heavy atom. The summed E-state index contributed by atoms with van der Waals surface area (Å²) in [5.41, 5.74) is 2.30. The van der Waals surface area contributed by atoms with E-state index in [0.29, 0.717) is 23.8 Å². The van der Waals surface area contributed by atoms with Gasteiger partial charge in [0.1, 0.15) is 0 Å². The molecule has 0 bridgehead atoms. The maximum Gasteiger partial charge on any atom is 0.338 e. The molecule has 0 saturated carbocycles. The molecule has 1 amide bonds. The third-order valence-corrected chi connectivity index (χ3v) is 8.31. The fourth-order valence-electron chi connectivity index (χ4n) is 3.69. The summed E-state index contributed by atoms with van der Waals surface area (Å²) in [5.74, 6) is -1.30. The van der Waals surface area contributed by atoms with Gasteiger partial charge in [0, 0.05) is 24.0 Å². The molecule has 1 fully saturated rings. The Labute approximate surface area is 202 Å². The van der Waals surface area contributed by atoms with Gasteiger partial charge in [-0.25, -0.2) is 18.2 Å². The van der Waals surface area contributed by atoms with Crippen molar-refractivity contribution in [2.75, 3.05) is 25.0 Å². The van der Waals surface area contributed by atoms with Crippen molar-refractivity contribution in [2.24, 2.45) is 0 Å². The molecule has 1 N–H and O–H groups in total. The summed E-state index contributed by atoms with van der Waals surface area (Å²) in [7, 11) is -3.70. The number of ether oxygens (including phenoxy) is 1. The number of amides is 1. The van der Waals surface area contributed by atoms with E-state index in [9.17, 15) is 18.0 Å². The summed E-state index contributed by atoms with van der Waals surface area (Å²) in [6.07, 6.45) is 2.65. The minimum absolute atomic E-state index is 0.0783. The number of nitrogens with one attached hydrogen (secondary N) is 1. The van der Waals surface area contributed by atoms with E-state index in [1.165, 1.54) is 27.8 Å². The van der Waals surface area contributed by atoms with Gasteiger partial charge in [-0.3, -0.25) is 10.1 Å². The smallest absolute Gasteiger partial charge is 0.338 e. The van der Waals surface area contributed by atoms with Gasteiger partial charge in [0.05, 0.1) is 16.2 Å². The number of rotatable bonds is 7. The monoisotopic (exact) mass is 499 g/mol. The van der Waals surface area contributed by atoms with Crippen molar-refractivity contribution in [3.05, 3.63) is 65.0 Å². The molecule has 0 spiro atoms. The largest absolute Gasteiger partial charge is 0.452 e. The van der Waals surface area contributed by atoms with Crippen LogP contribution in [0.5, 0.6) is 0 Å². The van der Waals surface area contributed by atoms with Crippen LogP contribution in [0.3, 0.4) is 0 Å². The zero-order valence-corrected chi connectivity index (χ0v) is 20.3. The number of hydrogen-bond acceptors (Lipinski definition) is 7. The van der Waals surface area contributed by atoms with Crippen LogP contribution in [0, 0.1) is 6.92 Å². The Hall–Kier alpha value is -3.08. The van der Waals surface area contributed by atoms with Gasteiger partial charge in [-0.15, -0.1) is 11.3 Å². The molecule has 0 radical (unpaired) electrons. The first-order valence-corrected chi connectivity index (χ1v) is 13.3. The van der Waals surface area contributed by atoms with Crippen LogP contribution < -0.4 is 5.32 Å². The van der Waals surface area contributed by atoms with E-state index in [0.717, 1.165) is 30.5 Å². The van der Waals surface area contributed by atoms with Crippen LogP contribution in [0.1, 0.15) is 35.2 Å². The number of esters is 1. The summed E-state index contributed by atoms with van der Waals surface area (Å²) < 4.78 is 32.7. The van der Waals surface area contributed by atoms with Gasteiger partial charge >= 0.3 is 5.97 Å². The molecule has 178 valence electrons. The molecule has 34 heavy (non-hydrogen) atoms. The molecule has 10 heteroatoms. The maximum absolute atomic E-state index is 13.1. The molecule has 2 heterocycles. The molecule has 4 rings (SSSR count). The number of carbonyl (C=O) groups excluding carboxylic acids is 2. The van der Waals surface area contributed by atoms with Gasteiger partial charge in [-0.05, 0) is 37.5 Å². The highest BCUT2D eigenvalue weighted by atomic mass is 32.2. The van der Waals surface area contributed by atoms with Crippen LogP contribution in [0.4, 0.5) is 5.13 Å². The molecule has 3 aromatic rings. The normalized spacial score (nSPS) is 14.5. The number of aromatic nitrogens is 1. The van der Waals surface area contributed by atoms with E-state index in [1.807, 2.05) is 35.7 Å². The second-order valence-electron chi connectivity index (χ2n) is 7.97. The van der Waals surface area contributed by atoms with E-state index >= 15 is 0 Å². The lowest BCUT2D eigenvalue weighted by Gasteiger charge is -2.26.